The van der Waals surface area contributed by atoms with Gasteiger partial charge in [0.2, 0.25) is 0 Å². The third-order valence-electron chi connectivity index (χ3n) is 3.97. The van der Waals surface area contributed by atoms with Gasteiger partial charge in [-0.1, -0.05) is 0 Å². The number of nitrogens with one attached hydrogen (secondary N) is 1. The van der Waals surface area contributed by atoms with E-state index < -0.39 is 0 Å². The molecule has 0 aromatic carbocycles. The molecule has 1 aliphatic carbocycles. The van der Waals surface area contributed by atoms with Gasteiger partial charge in [-0.05, 0) is 39.9 Å². The van der Waals surface area contributed by atoms with E-state index in [1.807, 2.05) is 23.5 Å². The number of aryl methyl sites for hydroxylation is 2. The average Bonchev–Trinajstić information content (AvgIpc) is 3.02. The summed E-state index contributed by atoms with van der Waals surface area (Å²) in [4.78, 5) is 0. The van der Waals surface area contributed by atoms with Crippen LogP contribution in [0.2, 0.25) is 0 Å². The number of rotatable bonds is 5. The molecule has 1 atom stereocenters. The highest BCUT2D eigenvalue weighted by Gasteiger charge is 2.41. The highest BCUT2D eigenvalue weighted by molar-refractivity contribution is 8.00. The average molecular weight is 253 g/mol. The Labute approximate surface area is 108 Å². The van der Waals surface area contributed by atoms with Crippen molar-refractivity contribution in [3.63, 3.8) is 0 Å². The second-order valence-electron chi connectivity index (χ2n) is 5.20. The number of thioether (sulfide) groups is 1. The summed E-state index contributed by atoms with van der Waals surface area (Å²) in [6.45, 7) is 7.60. The summed E-state index contributed by atoms with van der Waals surface area (Å²) in [6, 6.07) is 0.397. The van der Waals surface area contributed by atoms with Crippen LogP contribution in [-0.2, 0) is 7.05 Å². The zero-order chi connectivity index (χ0) is 12.6. The molecule has 0 saturated heterocycles. The van der Waals surface area contributed by atoms with Crippen LogP contribution in [0.3, 0.4) is 0 Å². The zero-order valence-electron chi connectivity index (χ0n) is 11.5. The summed E-state index contributed by atoms with van der Waals surface area (Å²) in [7, 11) is 2.02. The van der Waals surface area contributed by atoms with Crippen molar-refractivity contribution in [2.45, 2.75) is 44.4 Å². The van der Waals surface area contributed by atoms with Gasteiger partial charge in [0.15, 0.2) is 0 Å². The zero-order valence-corrected chi connectivity index (χ0v) is 12.3. The van der Waals surface area contributed by atoms with Crippen molar-refractivity contribution in [2.75, 3.05) is 12.8 Å². The first-order valence-corrected chi connectivity index (χ1v) is 7.50. The predicted molar refractivity (Wildman–Crippen MR) is 74.6 cm³/mol. The predicted octanol–water partition coefficient (Wildman–Crippen LogP) is 2.58. The second kappa shape index (κ2) is 4.65. The molecule has 2 rings (SSSR count). The Morgan fingerprint density at radius 2 is 2.12 bits per heavy atom. The molecule has 0 bridgehead atoms. The van der Waals surface area contributed by atoms with Crippen molar-refractivity contribution in [2.24, 2.45) is 7.05 Å². The van der Waals surface area contributed by atoms with Gasteiger partial charge < -0.3 is 5.32 Å². The molecule has 0 radical (unpaired) electrons. The molecule has 0 aliphatic heterocycles. The van der Waals surface area contributed by atoms with E-state index in [1.165, 1.54) is 24.1 Å². The van der Waals surface area contributed by atoms with Crippen LogP contribution in [0, 0.1) is 13.8 Å². The van der Waals surface area contributed by atoms with Crippen LogP contribution in [0.1, 0.15) is 42.8 Å². The minimum atomic E-state index is 0.397. The maximum absolute atomic E-state index is 4.48. The lowest BCUT2D eigenvalue weighted by atomic mass is 10.1. The number of aromatic nitrogens is 2. The number of hydrogen-bond donors (Lipinski definition) is 1. The smallest absolute Gasteiger partial charge is 0.0644 e. The van der Waals surface area contributed by atoms with Crippen molar-refractivity contribution < 1.29 is 0 Å². The van der Waals surface area contributed by atoms with Crippen LogP contribution in [0.4, 0.5) is 0 Å². The lowest BCUT2D eigenvalue weighted by Gasteiger charge is -2.19. The Morgan fingerprint density at radius 1 is 1.47 bits per heavy atom. The van der Waals surface area contributed by atoms with Gasteiger partial charge in [-0.15, -0.1) is 0 Å². The van der Waals surface area contributed by atoms with E-state index in [9.17, 15) is 0 Å². The highest BCUT2D eigenvalue weighted by Crippen LogP contribution is 2.46. The molecule has 1 heterocycles. The van der Waals surface area contributed by atoms with Gasteiger partial charge in [0, 0.05) is 35.6 Å². The molecule has 1 aromatic heterocycles. The van der Waals surface area contributed by atoms with E-state index in [2.05, 4.69) is 37.4 Å². The quantitative estimate of drug-likeness (QED) is 0.875. The molecule has 1 saturated carbocycles. The lowest BCUT2D eigenvalue weighted by Crippen LogP contribution is -2.29. The molecule has 0 amide bonds. The molecule has 1 N–H and O–H groups in total. The van der Waals surface area contributed by atoms with Crippen molar-refractivity contribution in [3.05, 3.63) is 17.0 Å². The third-order valence-corrected chi connectivity index (χ3v) is 5.39. The second-order valence-corrected chi connectivity index (χ2v) is 6.47. The molecule has 4 heteroatoms. The summed E-state index contributed by atoms with van der Waals surface area (Å²) in [5, 5.41) is 8.16. The van der Waals surface area contributed by atoms with Crippen molar-refractivity contribution in [3.8, 4) is 0 Å². The largest absolute Gasteiger partial charge is 0.309 e. The van der Waals surface area contributed by atoms with Crippen LogP contribution < -0.4 is 5.32 Å². The number of hydrogen-bond acceptors (Lipinski definition) is 3. The fourth-order valence-corrected chi connectivity index (χ4v) is 3.19. The van der Waals surface area contributed by atoms with Gasteiger partial charge in [-0.25, -0.2) is 0 Å². The molecule has 0 spiro atoms. The maximum atomic E-state index is 4.48. The van der Waals surface area contributed by atoms with E-state index in [0.29, 0.717) is 10.8 Å². The first kappa shape index (κ1) is 13.0. The van der Waals surface area contributed by atoms with E-state index in [-0.39, 0.29) is 0 Å². The van der Waals surface area contributed by atoms with Gasteiger partial charge >= 0.3 is 0 Å². The molecule has 96 valence electrons. The Balaban J connectivity index is 2.02. The Kier molecular flexibility index (Phi) is 3.55. The number of nitrogens with zero attached hydrogens (tertiary/aromatic N) is 2. The van der Waals surface area contributed by atoms with E-state index in [1.54, 1.807) is 0 Å². The Hall–Kier alpha value is -0.480. The summed E-state index contributed by atoms with van der Waals surface area (Å²) < 4.78 is 2.50. The fourth-order valence-electron chi connectivity index (χ4n) is 2.45. The molecular formula is C13H23N3S. The van der Waals surface area contributed by atoms with Gasteiger partial charge in [-0.3, -0.25) is 4.68 Å². The fraction of sp³-hybridized carbons (Fsp3) is 0.769. The van der Waals surface area contributed by atoms with Crippen LogP contribution in [0.5, 0.6) is 0 Å². The Bertz CT molecular complexity index is 407. The molecular weight excluding hydrogens is 230 g/mol. The normalized spacial score (nSPS) is 19.4. The van der Waals surface area contributed by atoms with Gasteiger partial charge in [0.1, 0.15) is 0 Å². The van der Waals surface area contributed by atoms with E-state index in [4.69, 9.17) is 0 Å². The summed E-state index contributed by atoms with van der Waals surface area (Å²) in [5.41, 5.74) is 3.79. The molecule has 1 unspecified atom stereocenters. The highest BCUT2D eigenvalue weighted by atomic mass is 32.2. The molecule has 1 fully saturated rings. The summed E-state index contributed by atoms with van der Waals surface area (Å²) in [5.74, 6) is 0. The van der Waals surface area contributed by atoms with E-state index in [0.717, 1.165) is 12.2 Å². The van der Waals surface area contributed by atoms with Gasteiger partial charge in [-0.2, -0.15) is 16.9 Å². The van der Waals surface area contributed by atoms with Crippen molar-refractivity contribution in [1.82, 2.24) is 15.1 Å². The van der Waals surface area contributed by atoms with Crippen LogP contribution in [0.25, 0.3) is 0 Å². The minimum absolute atomic E-state index is 0.397. The van der Waals surface area contributed by atoms with Crippen LogP contribution >= 0.6 is 11.8 Å². The van der Waals surface area contributed by atoms with Crippen molar-refractivity contribution in [1.29, 1.82) is 0 Å². The molecule has 1 aliphatic rings. The lowest BCUT2D eigenvalue weighted by molar-refractivity contribution is 0.558. The van der Waals surface area contributed by atoms with Gasteiger partial charge in [0.25, 0.3) is 0 Å². The maximum Gasteiger partial charge on any atom is 0.0644 e. The SMILES string of the molecule is CSC1(CNC(C)c2c(C)nn(C)c2C)CC1. The molecule has 3 nitrogen and oxygen atoms in total. The van der Waals surface area contributed by atoms with Gasteiger partial charge in [0.05, 0.1) is 5.69 Å². The first-order valence-electron chi connectivity index (χ1n) is 6.28. The van der Waals surface area contributed by atoms with Crippen LogP contribution in [-0.4, -0.2) is 27.3 Å². The standard InChI is InChI=1S/C13H23N3S/c1-9(14-8-13(17-5)6-7-13)12-10(2)15-16(4)11(12)3/h9,14H,6-8H2,1-5H3. The summed E-state index contributed by atoms with van der Waals surface area (Å²) >= 11 is 2.01. The minimum Gasteiger partial charge on any atom is -0.309 e. The first-order chi connectivity index (χ1) is 7.99. The van der Waals surface area contributed by atoms with Crippen LogP contribution in [0.15, 0.2) is 0 Å². The molecule has 1 aromatic rings. The Morgan fingerprint density at radius 3 is 2.53 bits per heavy atom. The van der Waals surface area contributed by atoms with E-state index >= 15 is 0 Å². The molecule has 17 heavy (non-hydrogen) atoms. The van der Waals surface area contributed by atoms with Crippen molar-refractivity contribution >= 4 is 11.8 Å². The third kappa shape index (κ3) is 2.52. The monoisotopic (exact) mass is 253 g/mol. The topological polar surface area (TPSA) is 29.9 Å². The summed E-state index contributed by atoms with van der Waals surface area (Å²) in [6.07, 6.45) is 4.94.